The summed E-state index contributed by atoms with van der Waals surface area (Å²) in [5.41, 5.74) is 1.64. The van der Waals surface area contributed by atoms with Crippen LogP contribution in [0.3, 0.4) is 0 Å². The van der Waals surface area contributed by atoms with Crippen LogP contribution < -0.4 is 4.90 Å². The molecule has 36 heavy (non-hydrogen) atoms. The van der Waals surface area contributed by atoms with Crippen molar-refractivity contribution in [2.45, 2.75) is 12.2 Å². The second-order valence-corrected chi connectivity index (χ2v) is 9.55. The number of carbonyl (C=O) groups excluding carboxylic acids is 1. The Balaban J connectivity index is 1.34. The van der Waals surface area contributed by atoms with E-state index in [4.69, 9.17) is 19.3 Å². The number of hydrogen-bond donors (Lipinski definition) is 3. The number of aliphatic hydroxyl groups is 1. The van der Waals surface area contributed by atoms with E-state index < -0.39 is 31.7 Å². The third-order valence-corrected chi connectivity index (χ3v) is 5.60. The highest BCUT2D eigenvalue weighted by Crippen LogP contribution is 2.35. The summed E-state index contributed by atoms with van der Waals surface area (Å²) >= 11 is 0. The molecule has 192 valence electrons. The smallest absolute Gasteiger partial charge is 0.414 e. The zero-order valence-electron chi connectivity index (χ0n) is 19.1. The number of aliphatic hydroxyl groups excluding tert-OH is 1. The van der Waals surface area contributed by atoms with Gasteiger partial charge in [0.05, 0.1) is 39.1 Å². The van der Waals surface area contributed by atoms with E-state index in [1.807, 2.05) is 0 Å². The second-order valence-electron chi connectivity index (χ2n) is 7.97. The monoisotopic (exact) mass is 522 g/mol. The van der Waals surface area contributed by atoms with Crippen molar-refractivity contribution < 1.29 is 38.1 Å². The summed E-state index contributed by atoms with van der Waals surface area (Å²) in [4.78, 5) is 37.3. The predicted octanol–water partition coefficient (Wildman–Crippen LogP) is 0.977. The number of tetrazole rings is 1. The Morgan fingerprint density at radius 2 is 2.11 bits per heavy atom. The minimum absolute atomic E-state index is 0.0263. The Morgan fingerprint density at radius 3 is 2.75 bits per heavy atom. The number of aryl methyl sites for hydroxylation is 1. The van der Waals surface area contributed by atoms with Crippen molar-refractivity contribution in [2.75, 3.05) is 31.3 Å². The van der Waals surface area contributed by atoms with E-state index >= 15 is 0 Å². The standard InChI is InChI=1S/C21H24FN6O7P/c1-27-25-20(24-26-27)19-6-3-13(8-23-19)17-5-4-14(7-18(17)22)28-9-16(35-21(28)30)12-33-10-15(29)11-34-36(2,31)32/h3-8,15-16,29,31-32H,2,9-12H2,1H3. The van der Waals surface area contributed by atoms with E-state index in [1.54, 1.807) is 31.3 Å². The van der Waals surface area contributed by atoms with E-state index in [9.17, 15) is 14.3 Å². The zero-order valence-corrected chi connectivity index (χ0v) is 20.0. The molecule has 1 aliphatic rings. The maximum Gasteiger partial charge on any atom is 0.414 e. The van der Waals surface area contributed by atoms with Crippen LogP contribution in [0, 0.1) is 5.82 Å². The van der Waals surface area contributed by atoms with Crippen molar-refractivity contribution in [1.29, 1.82) is 0 Å². The summed E-state index contributed by atoms with van der Waals surface area (Å²) in [6.45, 7) is -0.465. The van der Waals surface area contributed by atoms with Crippen LogP contribution in [0.1, 0.15) is 0 Å². The van der Waals surface area contributed by atoms with E-state index in [0.29, 0.717) is 28.3 Å². The molecule has 2 atom stereocenters. The predicted molar refractivity (Wildman–Crippen MR) is 126 cm³/mol. The van der Waals surface area contributed by atoms with E-state index in [1.165, 1.54) is 22.0 Å². The molecule has 3 heterocycles. The third kappa shape index (κ3) is 6.49. The Bertz CT molecular complexity index is 1270. The molecule has 1 aliphatic heterocycles. The molecule has 15 heteroatoms. The van der Waals surface area contributed by atoms with Gasteiger partial charge in [0.1, 0.15) is 23.7 Å². The van der Waals surface area contributed by atoms with Crippen LogP contribution in [0.2, 0.25) is 0 Å². The number of pyridine rings is 1. The van der Waals surface area contributed by atoms with Crippen LogP contribution in [0.15, 0.2) is 36.5 Å². The van der Waals surface area contributed by atoms with Gasteiger partial charge in [0.2, 0.25) is 13.4 Å². The number of ether oxygens (including phenoxy) is 2. The molecule has 0 aliphatic carbocycles. The molecule has 1 fully saturated rings. The van der Waals surface area contributed by atoms with Crippen LogP contribution in [-0.4, -0.2) is 91.1 Å². The lowest BCUT2D eigenvalue weighted by molar-refractivity contribution is -0.0161. The molecular weight excluding hydrogens is 498 g/mol. The molecule has 2 aromatic heterocycles. The average Bonchev–Trinajstić information content (AvgIpc) is 3.42. The number of anilines is 1. The number of aromatic nitrogens is 5. The molecule has 1 aromatic carbocycles. The highest BCUT2D eigenvalue weighted by atomic mass is 31.2. The normalized spacial score (nSPS) is 16.9. The number of hydrogen-bond acceptors (Lipinski definition) is 11. The Labute approximate surface area is 204 Å². The number of cyclic esters (lactones) is 1. The lowest BCUT2D eigenvalue weighted by Gasteiger charge is -2.16. The molecule has 1 amide bonds. The van der Waals surface area contributed by atoms with Gasteiger partial charge < -0.3 is 28.9 Å². The van der Waals surface area contributed by atoms with Gasteiger partial charge in [0.15, 0.2) is 0 Å². The van der Waals surface area contributed by atoms with Crippen molar-refractivity contribution in [3.05, 3.63) is 42.3 Å². The maximum atomic E-state index is 14.9. The van der Waals surface area contributed by atoms with Gasteiger partial charge in [-0.25, -0.2) is 9.18 Å². The molecule has 0 saturated carbocycles. The fourth-order valence-corrected chi connectivity index (χ4v) is 3.80. The second kappa shape index (κ2) is 10.8. The highest BCUT2D eigenvalue weighted by Gasteiger charge is 2.33. The number of rotatable bonds is 10. The topological polar surface area (TPSA) is 165 Å². The van der Waals surface area contributed by atoms with E-state index in [2.05, 4.69) is 31.2 Å². The van der Waals surface area contributed by atoms with E-state index in [0.717, 1.165) is 0 Å². The summed E-state index contributed by atoms with van der Waals surface area (Å²) < 4.78 is 30.1. The minimum Gasteiger partial charge on any atom is -0.441 e. The fourth-order valence-electron chi connectivity index (χ4n) is 3.39. The van der Waals surface area contributed by atoms with Crippen molar-refractivity contribution in [3.8, 4) is 22.6 Å². The van der Waals surface area contributed by atoms with Gasteiger partial charge in [-0.15, -0.1) is 10.2 Å². The quantitative estimate of drug-likeness (QED) is 0.325. The van der Waals surface area contributed by atoms with Gasteiger partial charge in [-0.2, -0.15) is 4.80 Å². The van der Waals surface area contributed by atoms with Crippen LogP contribution in [-0.2, 0) is 21.0 Å². The fraction of sp³-hybridized carbons (Fsp3) is 0.333. The lowest BCUT2D eigenvalue weighted by Crippen LogP contribution is -2.28. The van der Waals surface area contributed by atoms with Gasteiger partial charge in [-0.1, -0.05) is 6.07 Å². The van der Waals surface area contributed by atoms with Crippen LogP contribution in [0.4, 0.5) is 14.9 Å². The lowest BCUT2D eigenvalue weighted by atomic mass is 10.1. The summed E-state index contributed by atoms with van der Waals surface area (Å²) in [5, 5.41) is 21.5. The van der Waals surface area contributed by atoms with Crippen molar-refractivity contribution >= 4 is 25.6 Å². The van der Waals surface area contributed by atoms with Crippen LogP contribution >= 0.6 is 7.57 Å². The summed E-state index contributed by atoms with van der Waals surface area (Å²) in [6, 6.07) is 7.73. The molecule has 0 radical (unpaired) electrons. The molecule has 2 unspecified atom stereocenters. The van der Waals surface area contributed by atoms with Gasteiger partial charge in [-0.05, 0) is 35.8 Å². The Kier molecular flexibility index (Phi) is 7.73. The van der Waals surface area contributed by atoms with Crippen molar-refractivity contribution in [3.63, 3.8) is 0 Å². The van der Waals surface area contributed by atoms with Crippen LogP contribution in [0.25, 0.3) is 22.6 Å². The summed E-state index contributed by atoms with van der Waals surface area (Å²) in [7, 11) is -2.06. The molecule has 0 bridgehead atoms. The SMILES string of the molecule is C=P(O)(O)OCC(O)COCC1CN(c2ccc(-c3ccc(-c4nnn(C)n4)nc3)c(F)c2)C(=O)O1. The first-order valence-corrected chi connectivity index (χ1v) is 12.5. The molecule has 3 N–H and O–H groups in total. The number of benzene rings is 1. The Morgan fingerprint density at radius 1 is 1.31 bits per heavy atom. The molecule has 13 nitrogen and oxygen atoms in total. The minimum atomic E-state index is -3.70. The van der Waals surface area contributed by atoms with Crippen LogP contribution in [0.5, 0.6) is 0 Å². The first-order chi connectivity index (χ1) is 17.1. The largest absolute Gasteiger partial charge is 0.441 e. The van der Waals surface area contributed by atoms with Crippen molar-refractivity contribution in [1.82, 2.24) is 25.2 Å². The number of carbonyl (C=O) groups is 1. The maximum absolute atomic E-state index is 14.9. The molecule has 0 spiro atoms. The van der Waals surface area contributed by atoms with Gasteiger partial charge in [0, 0.05) is 17.3 Å². The molecule has 1 saturated heterocycles. The third-order valence-electron chi connectivity index (χ3n) is 5.04. The average molecular weight is 522 g/mol. The van der Waals surface area contributed by atoms with Crippen molar-refractivity contribution in [2.24, 2.45) is 7.05 Å². The molecule has 4 rings (SSSR count). The zero-order chi connectivity index (χ0) is 25.9. The number of amides is 1. The summed E-state index contributed by atoms with van der Waals surface area (Å²) in [6.07, 6.45) is 2.10. The first-order valence-electron chi connectivity index (χ1n) is 10.7. The van der Waals surface area contributed by atoms with E-state index in [-0.39, 0.29) is 26.4 Å². The van der Waals surface area contributed by atoms with Gasteiger partial charge in [0.25, 0.3) is 0 Å². The molecular formula is C21H24FN6O7P. The number of halogens is 1. The van der Waals surface area contributed by atoms with Gasteiger partial charge >= 0.3 is 6.09 Å². The first kappa shape index (κ1) is 25.8. The highest BCUT2D eigenvalue weighted by molar-refractivity contribution is 7.57. The van der Waals surface area contributed by atoms with Gasteiger partial charge in [-0.3, -0.25) is 9.88 Å². The Hall–Kier alpha value is -3.26. The summed E-state index contributed by atoms with van der Waals surface area (Å²) in [5.74, 6) is -0.196. The number of nitrogens with zero attached hydrogens (tertiary/aromatic N) is 6. The molecule has 3 aromatic rings.